The van der Waals surface area contributed by atoms with Crippen molar-refractivity contribution < 1.29 is 27.7 Å². The number of fused-ring (bicyclic) bond motifs is 1. The van der Waals surface area contributed by atoms with E-state index in [1.54, 1.807) is 24.4 Å². The van der Waals surface area contributed by atoms with Crippen LogP contribution < -0.4 is 14.9 Å². The third-order valence-electron chi connectivity index (χ3n) is 5.69. The van der Waals surface area contributed by atoms with Gasteiger partial charge >= 0.3 is 0 Å². The quantitative estimate of drug-likeness (QED) is 0.397. The molecule has 0 bridgehead atoms. The topological polar surface area (TPSA) is 122 Å². The fourth-order valence-electron chi connectivity index (χ4n) is 4.03. The Morgan fingerprint density at radius 2 is 1.91 bits per heavy atom. The first-order valence-electron chi connectivity index (χ1n) is 10.8. The van der Waals surface area contributed by atoms with E-state index in [0.29, 0.717) is 42.3 Å². The van der Waals surface area contributed by atoms with Gasteiger partial charge in [0.25, 0.3) is 10.0 Å². The number of morpholine rings is 1. The Labute approximate surface area is 211 Å². The van der Waals surface area contributed by atoms with Crippen LogP contribution in [-0.4, -0.2) is 83.5 Å². The summed E-state index contributed by atoms with van der Waals surface area (Å²) in [6.45, 7) is 5.03. The van der Waals surface area contributed by atoms with E-state index >= 15 is 0 Å². The van der Waals surface area contributed by atoms with Gasteiger partial charge in [-0.25, -0.2) is 0 Å². The zero-order chi connectivity index (χ0) is 24.3. The lowest BCUT2D eigenvalue weighted by atomic mass is 10.0. The number of rotatable bonds is 8. The van der Waals surface area contributed by atoms with Gasteiger partial charge in [0.1, 0.15) is 16.7 Å². The van der Waals surface area contributed by atoms with E-state index in [-0.39, 0.29) is 28.8 Å². The van der Waals surface area contributed by atoms with Crippen molar-refractivity contribution in [2.75, 3.05) is 47.1 Å². The van der Waals surface area contributed by atoms with Crippen LogP contribution in [0.1, 0.15) is 16.7 Å². The van der Waals surface area contributed by atoms with Crippen LogP contribution in [0, 0.1) is 6.92 Å². The first kappa shape index (κ1) is 26.7. The lowest BCUT2D eigenvalue weighted by molar-refractivity contribution is 0.0364. The van der Waals surface area contributed by atoms with Gasteiger partial charge in [-0.1, -0.05) is 0 Å². The summed E-state index contributed by atoms with van der Waals surface area (Å²) in [7, 11) is -0.990. The number of phenolic OH excluding ortho intramolecular Hbond substituents is 1. The summed E-state index contributed by atoms with van der Waals surface area (Å²) in [5, 5.41) is 14.2. The number of hydrazone groups is 1. The smallest absolute Gasteiger partial charge is 0.287 e. The highest BCUT2D eigenvalue weighted by atomic mass is 35.5. The normalized spacial score (nSPS) is 17.9. The van der Waals surface area contributed by atoms with Crippen LogP contribution in [0.15, 0.2) is 44.7 Å². The average Bonchev–Trinajstić information content (AvgIpc) is 3.09. The Bertz CT molecular complexity index is 1230. The molecule has 0 saturated carbocycles. The fraction of sp³-hybridized carbons (Fsp3) is 0.391. The van der Waals surface area contributed by atoms with E-state index in [0.717, 1.165) is 18.7 Å². The van der Waals surface area contributed by atoms with E-state index < -0.39 is 16.1 Å². The molecule has 0 radical (unpaired) electrons. The number of hydrogen-bond acceptors (Lipinski definition) is 9. The van der Waals surface area contributed by atoms with Crippen LogP contribution in [0.3, 0.4) is 0 Å². The van der Waals surface area contributed by atoms with Gasteiger partial charge in [-0.05, 0) is 48.4 Å². The Hall–Kier alpha value is -2.86. The van der Waals surface area contributed by atoms with Gasteiger partial charge in [-0.15, -0.1) is 12.4 Å². The molecule has 2 aliphatic rings. The molecule has 2 aromatic carbocycles. The number of nitrogens with one attached hydrogen (secondary N) is 1. The van der Waals surface area contributed by atoms with Gasteiger partial charge in [0, 0.05) is 25.2 Å². The van der Waals surface area contributed by atoms with Crippen molar-refractivity contribution in [3.8, 4) is 17.2 Å². The Morgan fingerprint density at radius 1 is 1.20 bits per heavy atom. The van der Waals surface area contributed by atoms with Crippen molar-refractivity contribution in [2.24, 2.45) is 9.50 Å². The van der Waals surface area contributed by atoms with Gasteiger partial charge in [0.15, 0.2) is 11.5 Å². The first-order valence-corrected chi connectivity index (χ1v) is 12.3. The van der Waals surface area contributed by atoms with Gasteiger partial charge < -0.3 is 19.3 Å². The largest absolute Gasteiger partial charge is 0.504 e. The predicted molar refractivity (Wildman–Crippen MR) is 135 cm³/mol. The van der Waals surface area contributed by atoms with Gasteiger partial charge in [-0.2, -0.15) is 17.9 Å². The summed E-state index contributed by atoms with van der Waals surface area (Å²) in [6, 6.07) is 7.86. The number of methoxy groups -OCH3 is 2. The van der Waals surface area contributed by atoms with Crippen LogP contribution in [-0.2, 0) is 14.8 Å². The molecule has 2 aliphatic heterocycles. The van der Waals surface area contributed by atoms with Crippen molar-refractivity contribution in [3.05, 3.63) is 47.0 Å². The Morgan fingerprint density at radius 3 is 2.60 bits per heavy atom. The van der Waals surface area contributed by atoms with E-state index in [2.05, 4.69) is 19.8 Å². The van der Waals surface area contributed by atoms with E-state index in [9.17, 15) is 13.5 Å². The second kappa shape index (κ2) is 11.3. The van der Waals surface area contributed by atoms with Crippen LogP contribution in [0.2, 0.25) is 0 Å². The summed E-state index contributed by atoms with van der Waals surface area (Å²) < 4.78 is 46.0. The first-order chi connectivity index (χ1) is 16.3. The zero-order valence-electron chi connectivity index (χ0n) is 19.7. The monoisotopic (exact) mass is 524 g/mol. The Balaban J connectivity index is 0.00000342. The molecule has 1 unspecified atom stereocenters. The highest BCUT2D eigenvalue weighted by molar-refractivity contribution is 7.91. The van der Waals surface area contributed by atoms with E-state index in [1.807, 2.05) is 13.0 Å². The summed E-state index contributed by atoms with van der Waals surface area (Å²) in [4.78, 5) is 2.26. The second-order valence-corrected chi connectivity index (χ2v) is 9.62. The number of hydrogen-bond donors (Lipinski definition) is 2. The molecule has 4 rings (SSSR count). The maximum Gasteiger partial charge on any atom is 0.287 e. The van der Waals surface area contributed by atoms with E-state index in [4.69, 9.17) is 14.2 Å². The van der Waals surface area contributed by atoms with Gasteiger partial charge in [-0.3, -0.25) is 10.3 Å². The summed E-state index contributed by atoms with van der Waals surface area (Å²) in [5.74, 6) is 0.638. The number of aromatic hydroxyl groups is 1. The molecule has 2 heterocycles. The molecule has 35 heavy (non-hydrogen) atoms. The molecule has 12 heteroatoms. The minimum atomic E-state index is -3.91. The molecular weight excluding hydrogens is 496 g/mol. The van der Waals surface area contributed by atoms with Crippen molar-refractivity contribution in [3.63, 3.8) is 0 Å². The number of benzene rings is 2. The highest BCUT2D eigenvalue weighted by Crippen LogP contribution is 2.36. The van der Waals surface area contributed by atoms with Gasteiger partial charge in [0.05, 0.1) is 39.4 Å². The van der Waals surface area contributed by atoms with Gasteiger partial charge in [0.2, 0.25) is 0 Å². The minimum Gasteiger partial charge on any atom is -0.504 e. The second-order valence-electron chi connectivity index (χ2n) is 8.08. The zero-order valence-corrected chi connectivity index (χ0v) is 21.4. The van der Waals surface area contributed by atoms with Crippen molar-refractivity contribution in [1.82, 2.24) is 10.3 Å². The van der Waals surface area contributed by atoms with Crippen LogP contribution in [0.5, 0.6) is 17.2 Å². The molecule has 2 aromatic rings. The molecule has 1 fully saturated rings. The third kappa shape index (κ3) is 5.87. The number of nitrogens with zero attached hydrogens (tertiary/aromatic N) is 3. The number of phenols is 1. The summed E-state index contributed by atoms with van der Waals surface area (Å²) in [5.41, 5.74) is 5.57. The predicted octanol–water partition coefficient (Wildman–Crippen LogP) is 1.96. The van der Waals surface area contributed by atoms with E-state index in [1.165, 1.54) is 20.3 Å². The lowest BCUT2D eigenvalue weighted by Gasteiger charge is -2.30. The number of aryl methyl sites for hydroxylation is 1. The van der Waals surface area contributed by atoms with Crippen LogP contribution >= 0.6 is 12.4 Å². The summed E-state index contributed by atoms with van der Waals surface area (Å²) >= 11 is 0. The molecule has 190 valence electrons. The van der Waals surface area contributed by atoms with Crippen molar-refractivity contribution in [2.45, 2.75) is 17.9 Å². The molecule has 0 aromatic heterocycles. The maximum atomic E-state index is 12.9. The number of sulfonamides is 1. The maximum absolute atomic E-state index is 12.9. The molecule has 1 atom stereocenters. The molecule has 1 saturated heterocycles. The minimum absolute atomic E-state index is 0. The molecule has 0 amide bonds. The van der Waals surface area contributed by atoms with Crippen LogP contribution in [0.25, 0.3) is 0 Å². The van der Waals surface area contributed by atoms with Crippen LogP contribution in [0.4, 0.5) is 0 Å². The third-order valence-corrected chi connectivity index (χ3v) is 7.07. The molecule has 10 nitrogen and oxygen atoms in total. The Kier molecular flexibility index (Phi) is 8.60. The standard InChI is InChI=1S/C23H28N4O6S.ClH/c1-15-10-17-22(26-34(29,30)23(17)21(11-15)32-3)18(14-27-6-8-33-9-7-27)25-24-13-16-4-5-19(28)20(12-16)31-2;/h4-5,10-13,18,25,28H,6-9,14H2,1-3H3;1H/b24-13+;. The van der Waals surface area contributed by atoms with Crippen molar-refractivity contribution in [1.29, 1.82) is 0 Å². The number of halogens is 1. The lowest BCUT2D eigenvalue weighted by Crippen LogP contribution is -2.48. The molecule has 0 aliphatic carbocycles. The number of ether oxygens (including phenoxy) is 3. The molecule has 2 N–H and O–H groups in total. The average molecular weight is 525 g/mol. The summed E-state index contributed by atoms with van der Waals surface area (Å²) in [6.07, 6.45) is 1.58. The van der Waals surface area contributed by atoms with Crippen molar-refractivity contribution >= 4 is 34.4 Å². The molecule has 0 spiro atoms. The fourth-order valence-corrected chi connectivity index (χ4v) is 5.44. The molecular formula is C23H29ClN4O6S. The highest BCUT2D eigenvalue weighted by Gasteiger charge is 2.37. The SMILES string of the molecule is COc1cc(/C=N/NC(CN2CCOCC2)C2=NS(=O)(=O)c3c(OC)cc(C)cc32)ccc1O.Cl.